The number of nitrogens with one attached hydrogen (secondary N) is 2. The van der Waals surface area contributed by atoms with Gasteiger partial charge in [0.05, 0.1) is 20.4 Å². The number of carbonyl (C=O) groups is 2. The van der Waals surface area contributed by atoms with Crippen LogP contribution >= 0.6 is 0 Å². The van der Waals surface area contributed by atoms with Crippen molar-refractivity contribution in [2.24, 2.45) is 5.10 Å². The maximum Gasteiger partial charge on any atom is 0.249 e. The van der Waals surface area contributed by atoms with Crippen LogP contribution in [0.5, 0.6) is 17.2 Å². The summed E-state index contributed by atoms with van der Waals surface area (Å²) in [6.45, 7) is 2.45. The van der Waals surface area contributed by atoms with Crippen molar-refractivity contribution < 1.29 is 23.8 Å². The minimum absolute atomic E-state index is 0.371. The highest BCUT2D eigenvalue weighted by Gasteiger charge is 2.10. The van der Waals surface area contributed by atoms with E-state index >= 15 is 0 Å². The van der Waals surface area contributed by atoms with E-state index in [2.05, 4.69) is 15.8 Å². The molecule has 0 aliphatic heterocycles. The van der Waals surface area contributed by atoms with E-state index in [1.54, 1.807) is 49.6 Å². The van der Waals surface area contributed by atoms with Gasteiger partial charge in [0.25, 0.3) is 0 Å². The van der Waals surface area contributed by atoms with Gasteiger partial charge in [0.15, 0.2) is 11.5 Å². The quantitative estimate of drug-likeness (QED) is 0.269. The molecule has 2 amide bonds. The molecule has 3 aromatic rings. The summed E-state index contributed by atoms with van der Waals surface area (Å²) in [6, 6.07) is 20.3. The molecule has 0 aromatic heterocycles. The standard InChI is InChI=1S/C26H27N3O5/c1-18-7-9-19(10-8-18)17-34-23-12-11-20(13-24(23)33-3)16-27-29-26(31)15-25(30)28-21-5-4-6-22(14-21)32-2/h4-14,16H,15,17H2,1-3H3,(H,28,30)(H,29,31). The van der Waals surface area contributed by atoms with E-state index in [4.69, 9.17) is 14.2 Å². The highest BCUT2D eigenvalue weighted by Crippen LogP contribution is 2.28. The van der Waals surface area contributed by atoms with Gasteiger partial charge in [0, 0.05) is 11.8 Å². The summed E-state index contributed by atoms with van der Waals surface area (Å²) >= 11 is 0. The molecule has 3 aromatic carbocycles. The fraction of sp³-hybridized carbons (Fsp3) is 0.192. The number of anilines is 1. The van der Waals surface area contributed by atoms with Crippen molar-refractivity contribution in [3.05, 3.63) is 83.4 Å². The van der Waals surface area contributed by atoms with Crippen LogP contribution in [0.3, 0.4) is 0 Å². The first-order valence-corrected chi connectivity index (χ1v) is 10.6. The molecule has 3 rings (SSSR count). The van der Waals surface area contributed by atoms with Crippen LogP contribution in [0.4, 0.5) is 5.69 Å². The minimum Gasteiger partial charge on any atom is -0.497 e. The van der Waals surface area contributed by atoms with Crippen LogP contribution in [0, 0.1) is 6.92 Å². The molecule has 34 heavy (non-hydrogen) atoms. The number of hydrazone groups is 1. The Morgan fingerprint density at radius 1 is 0.912 bits per heavy atom. The fourth-order valence-electron chi connectivity index (χ4n) is 3.00. The molecular weight excluding hydrogens is 434 g/mol. The largest absolute Gasteiger partial charge is 0.497 e. The average Bonchev–Trinajstić information content (AvgIpc) is 2.84. The molecule has 0 radical (unpaired) electrons. The topological polar surface area (TPSA) is 98.2 Å². The third kappa shape index (κ3) is 7.37. The summed E-state index contributed by atoms with van der Waals surface area (Å²) in [7, 11) is 3.09. The highest BCUT2D eigenvalue weighted by atomic mass is 16.5. The first-order valence-electron chi connectivity index (χ1n) is 10.6. The lowest BCUT2D eigenvalue weighted by Gasteiger charge is -2.11. The highest BCUT2D eigenvalue weighted by molar-refractivity contribution is 6.03. The summed E-state index contributed by atoms with van der Waals surface area (Å²) in [5.41, 5.74) is 5.82. The number of hydrogen-bond acceptors (Lipinski definition) is 6. The summed E-state index contributed by atoms with van der Waals surface area (Å²) < 4.78 is 16.4. The van der Waals surface area contributed by atoms with E-state index in [-0.39, 0.29) is 6.42 Å². The maximum absolute atomic E-state index is 12.1. The first kappa shape index (κ1) is 24.3. The van der Waals surface area contributed by atoms with Gasteiger partial charge in [-0.15, -0.1) is 0 Å². The fourth-order valence-corrected chi connectivity index (χ4v) is 3.00. The van der Waals surface area contributed by atoms with Gasteiger partial charge in [0.1, 0.15) is 18.8 Å². The Balaban J connectivity index is 1.50. The third-order valence-electron chi connectivity index (χ3n) is 4.78. The van der Waals surface area contributed by atoms with E-state index in [1.165, 1.54) is 18.9 Å². The Bertz CT molecular complexity index is 1160. The van der Waals surface area contributed by atoms with Crippen molar-refractivity contribution in [3.8, 4) is 17.2 Å². The molecule has 2 N–H and O–H groups in total. The Labute approximate surface area is 198 Å². The third-order valence-corrected chi connectivity index (χ3v) is 4.78. The molecule has 0 aliphatic rings. The van der Waals surface area contributed by atoms with Gasteiger partial charge in [-0.3, -0.25) is 9.59 Å². The van der Waals surface area contributed by atoms with Crippen LogP contribution in [0.2, 0.25) is 0 Å². The van der Waals surface area contributed by atoms with Gasteiger partial charge in [-0.1, -0.05) is 35.9 Å². The molecular formula is C26H27N3O5. The SMILES string of the molecule is COc1cccc(NC(=O)CC(=O)NN=Cc2ccc(OCc3ccc(C)cc3)c(OC)c2)c1. The summed E-state index contributed by atoms with van der Waals surface area (Å²) in [6.07, 6.45) is 1.09. The monoisotopic (exact) mass is 461 g/mol. The van der Waals surface area contributed by atoms with E-state index in [9.17, 15) is 9.59 Å². The molecule has 0 unspecified atom stereocenters. The van der Waals surface area contributed by atoms with Crippen LogP contribution in [-0.4, -0.2) is 32.2 Å². The van der Waals surface area contributed by atoms with Crippen LogP contribution < -0.4 is 25.0 Å². The Hall–Kier alpha value is -4.33. The van der Waals surface area contributed by atoms with Crippen molar-refractivity contribution in [1.82, 2.24) is 5.43 Å². The lowest BCUT2D eigenvalue weighted by Crippen LogP contribution is -2.24. The van der Waals surface area contributed by atoms with Gasteiger partial charge >= 0.3 is 0 Å². The predicted molar refractivity (Wildman–Crippen MR) is 130 cm³/mol. The van der Waals surface area contributed by atoms with Crippen molar-refractivity contribution >= 4 is 23.7 Å². The van der Waals surface area contributed by atoms with Crippen molar-refractivity contribution in [2.75, 3.05) is 19.5 Å². The van der Waals surface area contributed by atoms with Gasteiger partial charge < -0.3 is 19.5 Å². The molecule has 8 nitrogen and oxygen atoms in total. The molecule has 0 bridgehead atoms. The van der Waals surface area contributed by atoms with Gasteiger partial charge in [-0.25, -0.2) is 5.43 Å². The lowest BCUT2D eigenvalue weighted by atomic mass is 10.2. The number of nitrogens with zero attached hydrogens (tertiary/aromatic N) is 1. The number of amides is 2. The second-order valence-corrected chi connectivity index (χ2v) is 7.43. The molecule has 0 saturated heterocycles. The predicted octanol–water partition coefficient (Wildman–Crippen LogP) is 4.07. The molecule has 0 heterocycles. The van der Waals surface area contributed by atoms with Gasteiger partial charge in [-0.2, -0.15) is 5.10 Å². The van der Waals surface area contributed by atoms with E-state index in [0.29, 0.717) is 35.1 Å². The normalized spacial score (nSPS) is 10.6. The number of hydrogen-bond donors (Lipinski definition) is 2. The smallest absolute Gasteiger partial charge is 0.249 e. The number of benzene rings is 3. The summed E-state index contributed by atoms with van der Waals surface area (Å²) in [5.74, 6) is 0.742. The molecule has 0 spiro atoms. The summed E-state index contributed by atoms with van der Waals surface area (Å²) in [5, 5.41) is 6.56. The average molecular weight is 462 g/mol. The van der Waals surface area contributed by atoms with Gasteiger partial charge in [-0.05, 0) is 48.4 Å². The van der Waals surface area contributed by atoms with E-state index < -0.39 is 11.8 Å². The second kappa shape index (κ2) is 12.1. The Kier molecular flexibility index (Phi) is 8.62. The van der Waals surface area contributed by atoms with E-state index in [1.807, 2.05) is 31.2 Å². The van der Waals surface area contributed by atoms with Crippen molar-refractivity contribution in [1.29, 1.82) is 0 Å². The molecule has 0 atom stereocenters. The Morgan fingerprint density at radius 3 is 2.44 bits per heavy atom. The molecule has 0 fully saturated rings. The molecule has 8 heteroatoms. The first-order chi connectivity index (χ1) is 16.5. The van der Waals surface area contributed by atoms with Gasteiger partial charge in [0.2, 0.25) is 11.8 Å². The zero-order valence-corrected chi connectivity index (χ0v) is 19.3. The summed E-state index contributed by atoms with van der Waals surface area (Å²) in [4.78, 5) is 24.1. The lowest BCUT2D eigenvalue weighted by molar-refractivity contribution is -0.126. The number of rotatable bonds is 10. The minimum atomic E-state index is -0.540. The Morgan fingerprint density at radius 2 is 1.71 bits per heavy atom. The van der Waals surface area contributed by atoms with Crippen molar-refractivity contribution in [3.63, 3.8) is 0 Å². The van der Waals surface area contributed by atoms with E-state index in [0.717, 1.165) is 5.56 Å². The van der Waals surface area contributed by atoms with Crippen molar-refractivity contribution in [2.45, 2.75) is 20.0 Å². The van der Waals surface area contributed by atoms with Crippen LogP contribution in [0.25, 0.3) is 0 Å². The number of aryl methyl sites for hydroxylation is 1. The molecule has 176 valence electrons. The zero-order valence-electron chi connectivity index (χ0n) is 19.3. The van der Waals surface area contributed by atoms with Crippen LogP contribution in [0.1, 0.15) is 23.1 Å². The zero-order chi connectivity index (χ0) is 24.3. The van der Waals surface area contributed by atoms with Crippen LogP contribution in [-0.2, 0) is 16.2 Å². The van der Waals surface area contributed by atoms with Crippen LogP contribution in [0.15, 0.2) is 71.8 Å². The number of ether oxygens (including phenoxy) is 3. The second-order valence-electron chi connectivity index (χ2n) is 7.43. The number of methoxy groups -OCH3 is 2. The molecule has 0 aliphatic carbocycles. The molecule has 0 saturated carbocycles. The number of carbonyl (C=O) groups excluding carboxylic acids is 2. The maximum atomic E-state index is 12.1.